The standard InChI is InChI=1S/C13H13ClN4/c1-8-10-11(14)12(9-6-4-3-5-7-9)15-16-13(10)18(2)17-8/h3-7,10,13H,1-2H3. The van der Waals surface area contributed by atoms with Crippen LogP contribution >= 0.6 is 11.6 Å². The van der Waals surface area contributed by atoms with E-state index >= 15 is 0 Å². The normalized spacial score (nSPS) is 26.4. The maximum Gasteiger partial charge on any atom is 0.170 e. The van der Waals surface area contributed by atoms with E-state index in [4.69, 9.17) is 11.6 Å². The summed E-state index contributed by atoms with van der Waals surface area (Å²) in [5.41, 5.74) is 2.73. The second-order valence-electron chi connectivity index (χ2n) is 4.48. The zero-order chi connectivity index (χ0) is 12.7. The summed E-state index contributed by atoms with van der Waals surface area (Å²) in [7, 11) is 1.89. The molecule has 18 heavy (non-hydrogen) atoms. The van der Waals surface area contributed by atoms with E-state index < -0.39 is 0 Å². The van der Waals surface area contributed by atoms with E-state index in [1.807, 2.05) is 49.3 Å². The van der Waals surface area contributed by atoms with Crippen LogP contribution in [0, 0.1) is 5.92 Å². The van der Waals surface area contributed by atoms with Gasteiger partial charge in [-0.1, -0.05) is 41.9 Å². The zero-order valence-electron chi connectivity index (χ0n) is 10.2. The Morgan fingerprint density at radius 2 is 1.94 bits per heavy atom. The molecule has 0 saturated heterocycles. The summed E-state index contributed by atoms with van der Waals surface area (Å²) in [4.78, 5) is 0. The Kier molecular flexibility index (Phi) is 2.67. The van der Waals surface area contributed by atoms with Gasteiger partial charge in [0.25, 0.3) is 0 Å². The number of hydrazone groups is 1. The summed E-state index contributed by atoms with van der Waals surface area (Å²) in [6, 6.07) is 9.88. The van der Waals surface area contributed by atoms with Gasteiger partial charge in [-0.2, -0.15) is 15.3 Å². The molecule has 0 amide bonds. The third-order valence-corrected chi connectivity index (χ3v) is 3.68. The molecule has 0 fully saturated rings. The Labute approximate surface area is 111 Å². The molecule has 0 saturated carbocycles. The van der Waals surface area contributed by atoms with E-state index in [1.54, 1.807) is 0 Å². The Hall–Kier alpha value is -1.68. The summed E-state index contributed by atoms with van der Waals surface area (Å²) >= 11 is 6.50. The number of nitrogens with zero attached hydrogens (tertiary/aromatic N) is 4. The van der Waals surface area contributed by atoms with Crippen molar-refractivity contribution in [3.63, 3.8) is 0 Å². The van der Waals surface area contributed by atoms with E-state index in [1.165, 1.54) is 0 Å². The average Bonchev–Trinajstić information content (AvgIpc) is 2.67. The average molecular weight is 261 g/mol. The van der Waals surface area contributed by atoms with Crippen molar-refractivity contribution < 1.29 is 0 Å². The molecule has 0 radical (unpaired) electrons. The predicted molar refractivity (Wildman–Crippen MR) is 72.2 cm³/mol. The van der Waals surface area contributed by atoms with Gasteiger partial charge in [-0.3, -0.25) is 5.01 Å². The Morgan fingerprint density at radius 1 is 1.22 bits per heavy atom. The zero-order valence-corrected chi connectivity index (χ0v) is 11.0. The van der Waals surface area contributed by atoms with Crippen LogP contribution in [0.5, 0.6) is 0 Å². The number of halogens is 1. The fourth-order valence-electron chi connectivity index (χ4n) is 2.36. The molecule has 3 rings (SSSR count). The molecule has 2 aliphatic rings. The van der Waals surface area contributed by atoms with Gasteiger partial charge in [-0.25, -0.2) is 0 Å². The number of hydrogen-bond acceptors (Lipinski definition) is 4. The van der Waals surface area contributed by atoms with Gasteiger partial charge in [0.1, 0.15) is 5.70 Å². The molecule has 2 unspecified atom stereocenters. The van der Waals surface area contributed by atoms with E-state index in [2.05, 4.69) is 15.3 Å². The first-order chi connectivity index (χ1) is 8.68. The molecule has 0 aliphatic carbocycles. The highest BCUT2D eigenvalue weighted by Gasteiger charge is 2.39. The lowest BCUT2D eigenvalue weighted by atomic mass is 9.97. The highest BCUT2D eigenvalue weighted by molar-refractivity contribution is 6.34. The van der Waals surface area contributed by atoms with Crippen LogP contribution < -0.4 is 0 Å². The highest BCUT2D eigenvalue weighted by atomic mass is 35.5. The Bertz CT molecular complexity index is 562. The lowest BCUT2D eigenvalue weighted by Gasteiger charge is -2.24. The van der Waals surface area contributed by atoms with E-state index in [0.717, 1.165) is 22.0 Å². The lowest BCUT2D eigenvalue weighted by molar-refractivity contribution is 0.258. The van der Waals surface area contributed by atoms with Crippen LogP contribution in [0.2, 0.25) is 0 Å². The van der Waals surface area contributed by atoms with Crippen LogP contribution in [0.1, 0.15) is 12.5 Å². The van der Waals surface area contributed by atoms with Crippen LogP contribution in [0.25, 0.3) is 5.70 Å². The second-order valence-corrected chi connectivity index (χ2v) is 4.89. The van der Waals surface area contributed by atoms with Crippen molar-refractivity contribution in [3.8, 4) is 0 Å². The summed E-state index contributed by atoms with van der Waals surface area (Å²) in [6.07, 6.45) is -0.0926. The van der Waals surface area contributed by atoms with Gasteiger partial charge in [0, 0.05) is 18.3 Å². The summed E-state index contributed by atoms with van der Waals surface area (Å²) in [5.74, 6) is 0.0318. The number of fused-ring (bicyclic) bond motifs is 1. The van der Waals surface area contributed by atoms with Crippen molar-refractivity contribution in [2.24, 2.45) is 21.2 Å². The number of azo groups is 1. The molecule has 2 atom stereocenters. The fourth-order valence-corrected chi connectivity index (χ4v) is 2.78. The third-order valence-electron chi connectivity index (χ3n) is 3.27. The maximum absolute atomic E-state index is 6.50. The first-order valence-electron chi connectivity index (χ1n) is 5.82. The van der Waals surface area contributed by atoms with Gasteiger partial charge in [-0.05, 0) is 6.92 Å². The lowest BCUT2D eigenvalue weighted by Crippen LogP contribution is -2.30. The third kappa shape index (κ3) is 1.64. The summed E-state index contributed by atoms with van der Waals surface area (Å²) < 4.78 is 0. The summed E-state index contributed by atoms with van der Waals surface area (Å²) in [5, 5.41) is 15.5. The molecule has 1 aromatic carbocycles. The molecule has 4 nitrogen and oxygen atoms in total. The SMILES string of the molecule is CC1=NN(C)C2N=NC(c3ccccc3)=C(Cl)C12. The van der Waals surface area contributed by atoms with Crippen LogP contribution in [-0.2, 0) is 0 Å². The topological polar surface area (TPSA) is 40.3 Å². The van der Waals surface area contributed by atoms with Crippen LogP contribution in [0.15, 0.2) is 50.7 Å². The molecule has 92 valence electrons. The smallest absolute Gasteiger partial charge is 0.170 e. The maximum atomic E-state index is 6.50. The molecule has 1 aromatic rings. The van der Waals surface area contributed by atoms with Gasteiger partial charge in [0.15, 0.2) is 6.17 Å². The first kappa shape index (κ1) is 11.4. The fraction of sp³-hybridized carbons (Fsp3) is 0.308. The van der Waals surface area contributed by atoms with Crippen molar-refractivity contribution in [2.75, 3.05) is 7.05 Å². The van der Waals surface area contributed by atoms with Crippen molar-refractivity contribution in [2.45, 2.75) is 13.1 Å². The van der Waals surface area contributed by atoms with Gasteiger partial charge in [0.2, 0.25) is 0 Å². The summed E-state index contributed by atoms with van der Waals surface area (Å²) in [6.45, 7) is 1.98. The number of rotatable bonds is 1. The quantitative estimate of drug-likeness (QED) is 0.764. The van der Waals surface area contributed by atoms with Crippen molar-refractivity contribution in [3.05, 3.63) is 40.9 Å². The van der Waals surface area contributed by atoms with Gasteiger partial charge >= 0.3 is 0 Å². The van der Waals surface area contributed by atoms with Crippen molar-refractivity contribution in [1.29, 1.82) is 0 Å². The number of hydrogen-bond donors (Lipinski definition) is 0. The van der Waals surface area contributed by atoms with Crippen LogP contribution in [0.4, 0.5) is 0 Å². The minimum Gasteiger partial charge on any atom is -0.273 e. The molecular weight excluding hydrogens is 248 g/mol. The van der Waals surface area contributed by atoms with E-state index in [0.29, 0.717) is 0 Å². The van der Waals surface area contributed by atoms with E-state index in [9.17, 15) is 0 Å². The molecule has 2 aliphatic heterocycles. The number of benzene rings is 1. The second kappa shape index (κ2) is 4.21. The van der Waals surface area contributed by atoms with Gasteiger partial charge in [0.05, 0.1) is 11.0 Å². The molecule has 0 N–H and O–H groups in total. The first-order valence-corrected chi connectivity index (χ1v) is 6.20. The molecular formula is C13H13ClN4. The molecule has 2 heterocycles. The van der Waals surface area contributed by atoms with Crippen LogP contribution in [0.3, 0.4) is 0 Å². The van der Waals surface area contributed by atoms with Crippen molar-refractivity contribution >= 4 is 23.0 Å². The molecule has 5 heteroatoms. The Morgan fingerprint density at radius 3 is 2.67 bits per heavy atom. The largest absolute Gasteiger partial charge is 0.273 e. The monoisotopic (exact) mass is 260 g/mol. The molecule has 0 spiro atoms. The van der Waals surface area contributed by atoms with Crippen molar-refractivity contribution in [1.82, 2.24) is 5.01 Å². The minimum atomic E-state index is -0.0926. The van der Waals surface area contributed by atoms with Gasteiger partial charge in [-0.15, -0.1) is 0 Å². The minimum absolute atomic E-state index is 0.0318. The van der Waals surface area contributed by atoms with Crippen LogP contribution in [-0.4, -0.2) is 23.9 Å². The molecule has 0 aromatic heterocycles. The van der Waals surface area contributed by atoms with E-state index in [-0.39, 0.29) is 12.1 Å². The molecule has 0 bridgehead atoms. The van der Waals surface area contributed by atoms with Gasteiger partial charge < -0.3 is 0 Å². The highest BCUT2D eigenvalue weighted by Crippen LogP contribution is 2.39. The predicted octanol–water partition coefficient (Wildman–Crippen LogP) is 3.32. The Balaban J connectivity index is 2.06.